The second-order valence-corrected chi connectivity index (χ2v) is 7.54. The Hall–Kier alpha value is -2.42. The topological polar surface area (TPSA) is 8.17 Å². The molecule has 4 heteroatoms. The van der Waals surface area contributed by atoms with Crippen LogP contribution in [0.2, 0.25) is 10.0 Å². The molecule has 0 unspecified atom stereocenters. The number of aryl methyl sites for hydroxylation is 1. The minimum atomic E-state index is 0.562. The Morgan fingerprint density at radius 1 is 0.889 bits per heavy atom. The van der Waals surface area contributed by atoms with Crippen LogP contribution in [0, 0.1) is 6.92 Å². The number of nitrogens with zero attached hydrogens (tertiary/aromatic N) is 2. The highest BCUT2D eigenvalue weighted by atomic mass is 35.5. The van der Waals surface area contributed by atoms with E-state index in [9.17, 15) is 0 Å². The fraction of sp³-hybridized carbons (Fsp3) is 0.130. The van der Waals surface area contributed by atoms with Crippen molar-refractivity contribution in [1.29, 1.82) is 0 Å². The van der Waals surface area contributed by atoms with E-state index in [1.165, 1.54) is 22.0 Å². The fourth-order valence-corrected chi connectivity index (χ4v) is 3.90. The van der Waals surface area contributed by atoms with E-state index in [4.69, 9.17) is 23.2 Å². The van der Waals surface area contributed by atoms with Crippen molar-refractivity contribution in [3.63, 3.8) is 0 Å². The fourth-order valence-electron chi connectivity index (χ4n) is 3.47. The van der Waals surface area contributed by atoms with Crippen molar-refractivity contribution in [3.05, 3.63) is 94.1 Å². The molecule has 0 saturated heterocycles. The van der Waals surface area contributed by atoms with Gasteiger partial charge in [0.15, 0.2) is 0 Å². The van der Waals surface area contributed by atoms with Gasteiger partial charge in [0, 0.05) is 36.4 Å². The van der Waals surface area contributed by atoms with Crippen molar-refractivity contribution in [2.75, 3.05) is 11.9 Å². The molecule has 1 aromatic heterocycles. The SMILES string of the molecule is Cc1cn(Cc2ccc(N(C)c3cccc(Cl)c3Cl)cc2)c2ccccc12. The quantitative estimate of drug-likeness (QED) is 0.359. The van der Waals surface area contributed by atoms with E-state index in [0.717, 1.165) is 17.9 Å². The zero-order valence-electron chi connectivity index (χ0n) is 15.3. The number of hydrogen-bond donors (Lipinski definition) is 0. The summed E-state index contributed by atoms with van der Waals surface area (Å²) in [5.41, 5.74) is 5.78. The third-order valence-electron chi connectivity index (χ3n) is 4.96. The lowest BCUT2D eigenvalue weighted by Crippen LogP contribution is -2.10. The van der Waals surface area contributed by atoms with Gasteiger partial charge in [-0.05, 0) is 48.4 Å². The molecule has 4 aromatic rings. The van der Waals surface area contributed by atoms with E-state index in [-0.39, 0.29) is 0 Å². The maximum absolute atomic E-state index is 6.36. The summed E-state index contributed by atoms with van der Waals surface area (Å²) < 4.78 is 2.30. The molecule has 0 aliphatic carbocycles. The average molecular weight is 395 g/mol. The van der Waals surface area contributed by atoms with Gasteiger partial charge in [-0.3, -0.25) is 0 Å². The second-order valence-electron chi connectivity index (χ2n) is 6.76. The number of anilines is 2. The van der Waals surface area contributed by atoms with Gasteiger partial charge in [0.2, 0.25) is 0 Å². The second kappa shape index (κ2) is 7.30. The summed E-state index contributed by atoms with van der Waals surface area (Å²) in [6, 6.07) is 22.8. The number of benzene rings is 3. The van der Waals surface area contributed by atoms with E-state index in [1.54, 1.807) is 6.07 Å². The highest BCUT2D eigenvalue weighted by Gasteiger charge is 2.11. The smallest absolute Gasteiger partial charge is 0.0829 e. The molecule has 1 heterocycles. The molecule has 0 aliphatic heterocycles. The van der Waals surface area contributed by atoms with Crippen LogP contribution in [0.15, 0.2) is 72.9 Å². The third kappa shape index (κ3) is 3.43. The normalized spacial score (nSPS) is 11.1. The predicted octanol–water partition coefficient (Wildman–Crippen LogP) is 7.07. The molecule has 3 aromatic carbocycles. The summed E-state index contributed by atoms with van der Waals surface area (Å²) in [6.45, 7) is 3.00. The van der Waals surface area contributed by atoms with Gasteiger partial charge in [-0.1, -0.05) is 59.6 Å². The Bertz CT molecular complexity index is 1100. The number of halogens is 2. The van der Waals surface area contributed by atoms with Crippen LogP contribution in [-0.2, 0) is 6.54 Å². The highest BCUT2D eigenvalue weighted by Crippen LogP contribution is 2.35. The van der Waals surface area contributed by atoms with Crippen LogP contribution in [0.1, 0.15) is 11.1 Å². The molecule has 4 rings (SSSR count). The Balaban J connectivity index is 1.59. The molecule has 0 N–H and O–H groups in total. The van der Waals surface area contributed by atoms with Crippen molar-refractivity contribution in [2.45, 2.75) is 13.5 Å². The van der Waals surface area contributed by atoms with Gasteiger partial charge in [-0.2, -0.15) is 0 Å². The summed E-state index contributed by atoms with van der Waals surface area (Å²) >= 11 is 12.5. The molecule has 0 spiro atoms. The zero-order valence-corrected chi connectivity index (χ0v) is 16.8. The molecular formula is C23H20Cl2N2. The summed E-state index contributed by atoms with van der Waals surface area (Å²) in [6.07, 6.45) is 2.22. The van der Waals surface area contributed by atoms with Crippen LogP contribution in [-0.4, -0.2) is 11.6 Å². The minimum absolute atomic E-state index is 0.562. The lowest BCUT2D eigenvalue weighted by molar-refractivity contribution is 0.834. The molecule has 0 bridgehead atoms. The van der Waals surface area contributed by atoms with Crippen LogP contribution in [0.5, 0.6) is 0 Å². The van der Waals surface area contributed by atoms with E-state index in [0.29, 0.717) is 10.0 Å². The zero-order chi connectivity index (χ0) is 19.0. The van der Waals surface area contributed by atoms with Gasteiger partial charge in [0.1, 0.15) is 0 Å². The standard InChI is InChI=1S/C23H20Cl2N2/c1-16-14-27(21-8-4-3-6-19(16)21)15-17-10-12-18(13-11-17)26(2)22-9-5-7-20(24)23(22)25/h3-14H,15H2,1-2H3. The van der Waals surface area contributed by atoms with Gasteiger partial charge in [0.05, 0.1) is 15.7 Å². The summed E-state index contributed by atoms with van der Waals surface area (Å²) in [5, 5.41) is 2.44. The van der Waals surface area contributed by atoms with Gasteiger partial charge in [0.25, 0.3) is 0 Å². The number of para-hydroxylation sites is 1. The largest absolute Gasteiger partial charge is 0.343 e. The summed E-state index contributed by atoms with van der Waals surface area (Å²) in [7, 11) is 2.00. The Morgan fingerprint density at radius 2 is 1.63 bits per heavy atom. The monoisotopic (exact) mass is 394 g/mol. The first-order valence-corrected chi connectivity index (χ1v) is 9.61. The third-order valence-corrected chi connectivity index (χ3v) is 5.77. The summed E-state index contributed by atoms with van der Waals surface area (Å²) in [4.78, 5) is 2.05. The number of aromatic nitrogens is 1. The number of hydrogen-bond acceptors (Lipinski definition) is 1. The maximum atomic E-state index is 6.36. The van der Waals surface area contributed by atoms with Crippen molar-refractivity contribution < 1.29 is 0 Å². The van der Waals surface area contributed by atoms with Crippen LogP contribution in [0.25, 0.3) is 10.9 Å². The first-order chi connectivity index (χ1) is 13.0. The van der Waals surface area contributed by atoms with Gasteiger partial charge in [-0.25, -0.2) is 0 Å². The highest BCUT2D eigenvalue weighted by molar-refractivity contribution is 6.43. The molecule has 0 aliphatic rings. The maximum Gasteiger partial charge on any atom is 0.0829 e. The van der Waals surface area contributed by atoms with Crippen molar-refractivity contribution >= 4 is 45.5 Å². The average Bonchev–Trinajstić information content (AvgIpc) is 3.00. The minimum Gasteiger partial charge on any atom is -0.343 e. The lowest BCUT2D eigenvalue weighted by Gasteiger charge is -2.21. The molecule has 27 heavy (non-hydrogen) atoms. The first-order valence-electron chi connectivity index (χ1n) is 8.86. The summed E-state index contributed by atoms with van der Waals surface area (Å²) in [5.74, 6) is 0. The van der Waals surface area contributed by atoms with Crippen LogP contribution in [0.4, 0.5) is 11.4 Å². The van der Waals surface area contributed by atoms with Crippen molar-refractivity contribution in [3.8, 4) is 0 Å². The lowest BCUT2D eigenvalue weighted by atomic mass is 10.1. The number of fused-ring (bicyclic) bond motifs is 1. The van der Waals surface area contributed by atoms with Crippen LogP contribution < -0.4 is 4.90 Å². The molecule has 0 saturated carbocycles. The molecule has 0 atom stereocenters. The van der Waals surface area contributed by atoms with Gasteiger partial charge in [-0.15, -0.1) is 0 Å². The van der Waals surface area contributed by atoms with E-state index < -0.39 is 0 Å². The van der Waals surface area contributed by atoms with Crippen LogP contribution in [0.3, 0.4) is 0 Å². The Morgan fingerprint density at radius 3 is 2.41 bits per heavy atom. The van der Waals surface area contributed by atoms with Crippen molar-refractivity contribution in [2.24, 2.45) is 0 Å². The molecule has 0 fully saturated rings. The Kier molecular flexibility index (Phi) is 4.86. The predicted molar refractivity (Wildman–Crippen MR) is 117 cm³/mol. The molecular weight excluding hydrogens is 375 g/mol. The molecule has 0 radical (unpaired) electrons. The van der Waals surface area contributed by atoms with E-state index >= 15 is 0 Å². The van der Waals surface area contributed by atoms with Gasteiger partial charge < -0.3 is 9.47 Å². The molecule has 2 nitrogen and oxygen atoms in total. The van der Waals surface area contributed by atoms with Gasteiger partial charge >= 0.3 is 0 Å². The first kappa shape index (κ1) is 18.0. The van der Waals surface area contributed by atoms with Crippen LogP contribution >= 0.6 is 23.2 Å². The number of rotatable bonds is 4. The molecule has 136 valence electrons. The van der Waals surface area contributed by atoms with E-state index in [2.05, 4.69) is 66.2 Å². The Labute approximate surface area is 169 Å². The van der Waals surface area contributed by atoms with E-state index in [1.807, 2.05) is 24.1 Å². The van der Waals surface area contributed by atoms with Crippen molar-refractivity contribution in [1.82, 2.24) is 4.57 Å². The molecule has 0 amide bonds.